The van der Waals surface area contributed by atoms with Crippen LogP contribution in [0.25, 0.3) is 0 Å². The Morgan fingerprint density at radius 1 is 1.30 bits per heavy atom. The van der Waals surface area contributed by atoms with Gasteiger partial charge in [0.1, 0.15) is 0 Å². The van der Waals surface area contributed by atoms with Gasteiger partial charge in [0, 0.05) is 6.07 Å². The van der Waals surface area contributed by atoms with Crippen LogP contribution in [0.3, 0.4) is 0 Å². The molecule has 0 aliphatic heterocycles. The molecule has 0 heterocycles. The number of nitro benzene ring substituents is 1. The minimum absolute atomic E-state index is 0.0503. The topological polar surface area (TPSA) is 72.2 Å². The fourth-order valence-corrected chi connectivity index (χ4v) is 2.30. The number of anilines is 1. The first-order chi connectivity index (χ1) is 9.29. The summed E-state index contributed by atoms with van der Waals surface area (Å²) in [5.41, 5.74) is 2.12. The molecule has 0 bridgehead atoms. The molecule has 0 spiro atoms. The minimum atomic E-state index is -0.400. The van der Waals surface area contributed by atoms with Crippen molar-refractivity contribution in [3.8, 4) is 0 Å². The second-order valence-electron chi connectivity index (χ2n) is 5.21. The summed E-state index contributed by atoms with van der Waals surface area (Å²) in [6, 6.07) is 3.24. The van der Waals surface area contributed by atoms with Gasteiger partial charge in [-0.1, -0.05) is 43.6 Å². The summed E-state index contributed by atoms with van der Waals surface area (Å²) < 4.78 is 0. The molecule has 1 N–H and O–H groups in total. The van der Waals surface area contributed by atoms with E-state index in [4.69, 9.17) is 0 Å². The van der Waals surface area contributed by atoms with Crippen molar-refractivity contribution >= 4 is 33.2 Å². The molecule has 6 heteroatoms. The molecule has 1 rings (SSSR count). The number of nitro groups is 1. The molecular formula is C14H19BrN2O3. The molecule has 0 saturated heterocycles. The first kappa shape index (κ1) is 16.6. The van der Waals surface area contributed by atoms with Crippen LogP contribution in [0.15, 0.2) is 12.1 Å². The Morgan fingerprint density at radius 2 is 1.90 bits per heavy atom. The molecule has 0 atom stereocenters. The SMILES string of the molecule is CC(C)c1ccc([N+](=O)[O-])c(C(C)C)c1NC(=O)CBr. The summed E-state index contributed by atoms with van der Waals surface area (Å²) in [6.07, 6.45) is 0. The van der Waals surface area contributed by atoms with Crippen molar-refractivity contribution in [3.63, 3.8) is 0 Å². The maximum Gasteiger partial charge on any atom is 0.274 e. The van der Waals surface area contributed by atoms with Crippen molar-refractivity contribution in [2.75, 3.05) is 10.6 Å². The van der Waals surface area contributed by atoms with E-state index in [-0.39, 0.29) is 28.8 Å². The van der Waals surface area contributed by atoms with Crippen LogP contribution < -0.4 is 5.32 Å². The van der Waals surface area contributed by atoms with Crippen LogP contribution in [0.4, 0.5) is 11.4 Å². The molecule has 0 aliphatic rings. The van der Waals surface area contributed by atoms with Gasteiger partial charge in [-0.2, -0.15) is 0 Å². The lowest BCUT2D eigenvalue weighted by Gasteiger charge is -2.19. The van der Waals surface area contributed by atoms with Gasteiger partial charge >= 0.3 is 0 Å². The Kier molecular flexibility index (Phi) is 5.68. The third-order valence-corrected chi connectivity index (χ3v) is 3.55. The predicted octanol–water partition coefficient (Wildman–Crippen LogP) is 4.18. The Labute approximate surface area is 127 Å². The average Bonchev–Trinajstić information content (AvgIpc) is 2.36. The predicted molar refractivity (Wildman–Crippen MR) is 83.7 cm³/mol. The zero-order valence-corrected chi connectivity index (χ0v) is 13.7. The first-order valence-corrected chi connectivity index (χ1v) is 7.58. The van der Waals surface area contributed by atoms with E-state index in [9.17, 15) is 14.9 Å². The van der Waals surface area contributed by atoms with Crippen LogP contribution in [0.5, 0.6) is 0 Å². The molecule has 1 aromatic carbocycles. The number of hydrogen-bond donors (Lipinski definition) is 1. The van der Waals surface area contributed by atoms with E-state index < -0.39 is 4.92 Å². The van der Waals surface area contributed by atoms with Crippen LogP contribution in [-0.2, 0) is 4.79 Å². The average molecular weight is 343 g/mol. The minimum Gasteiger partial charge on any atom is -0.325 e. The number of nitrogens with zero attached hydrogens (tertiary/aromatic N) is 1. The summed E-state index contributed by atoms with van der Waals surface area (Å²) in [5.74, 6) is -0.104. The molecule has 0 aliphatic carbocycles. The van der Waals surface area contributed by atoms with Crippen molar-refractivity contribution < 1.29 is 9.72 Å². The van der Waals surface area contributed by atoms with Crippen molar-refractivity contribution in [1.82, 2.24) is 0 Å². The Hall–Kier alpha value is -1.43. The molecule has 0 fully saturated rings. The van der Waals surface area contributed by atoms with E-state index in [0.29, 0.717) is 11.3 Å². The highest BCUT2D eigenvalue weighted by Gasteiger charge is 2.25. The van der Waals surface area contributed by atoms with Gasteiger partial charge < -0.3 is 5.32 Å². The molecule has 0 saturated carbocycles. The number of nitrogens with one attached hydrogen (secondary N) is 1. The fourth-order valence-electron chi connectivity index (χ4n) is 2.16. The van der Waals surface area contributed by atoms with Crippen LogP contribution in [-0.4, -0.2) is 16.2 Å². The quantitative estimate of drug-likeness (QED) is 0.495. The van der Waals surface area contributed by atoms with Gasteiger partial charge in [-0.25, -0.2) is 0 Å². The monoisotopic (exact) mass is 342 g/mol. The van der Waals surface area contributed by atoms with Crippen molar-refractivity contribution in [1.29, 1.82) is 0 Å². The summed E-state index contributed by atoms with van der Waals surface area (Å²) in [5, 5.41) is 14.2. The largest absolute Gasteiger partial charge is 0.325 e. The zero-order chi connectivity index (χ0) is 15.4. The van der Waals surface area contributed by atoms with Crippen LogP contribution in [0.2, 0.25) is 0 Å². The van der Waals surface area contributed by atoms with Crippen molar-refractivity contribution in [2.45, 2.75) is 39.5 Å². The number of amides is 1. The summed E-state index contributed by atoms with van der Waals surface area (Å²) in [4.78, 5) is 22.5. The number of rotatable bonds is 5. The lowest BCUT2D eigenvalue weighted by Crippen LogP contribution is -2.17. The summed E-state index contributed by atoms with van der Waals surface area (Å²) in [6.45, 7) is 7.76. The number of hydrogen-bond acceptors (Lipinski definition) is 3. The Bertz CT molecular complexity index is 527. The van der Waals surface area contributed by atoms with Crippen LogP contribution in [0, 0.1) is 10.1 Å². The van der Waals surface area contributed by atoms with Crippen molar-refractivity contribution in [2.24, 2.45) is 0 Å². The van der Waals surface area contributed by atoms with Gasteiger partial charge in [0.15, 0.2) is 0 Å². The number of halogens is 1. The molecule has 0 aromatic heterocycles. The Balaban J connectivity index is 3.56. The molecule has 5 nitrogen and oxygen atoms in total. The maximum atomic E-state index is 11.7. The molecule has 1 amide bonds. The second-order valence-corrected chi connectivity index (χ2v) is 5.77. The maximum absolute atomic E-state index is 11.7. The third-order valence-electron chi connectivity index (χ3n) is 3.04. The highest BCUT2D eigenvalue weighted by molar-refractivity contribution is 9.09. The first-order valence-electron chi connectivity index (χ1n) is 6.46. The standard InChI is InChI=1S/C14H19BrN2O3/c1-8(2)10-5-6-11(17(19)20)13(9(3)4)14(10)16-12(18)7-15/h5-6,8-9H,7H2,1-4H3,(H,16,18). The van der Waals surface area contributed by atoms with E-state index in [1.165, 1.54) is 6.07 Å². The van der Waals surface area contributed by atoms with Gasteiger partial charge in [0.25, 0.3) is 5.69 Å². The molecule has 110 valence electrons. The fraction of sp³-hybridized carbons (Fsp3) is 0.500. The van der Waals surface area contributed by atoms with Gasteiger partial charge in [-0.15, -0.1) is 0 Å². The molecule has 1 aromatic rings. The van der Waals surface area contributed by atoms with Gasteiger partial charge in [-0.3, -0.25) is 14.9 Å². The highest BCUT2D eigenvalue weighted by Crippen LogP contribution is 2.38. The zero-order valence-electron chi connectivity index (χ0n) is 12.1. The van der Waals surface area contributed by atoms with E-state index in [0.717, 1.165) is 5.56 Å². The summed E-state index contributed by atoms with van der Waals surface area (Å²) >= 11 is 3.10. The smallest absolute Gasteiger partial charge is 0.274 e. The number of carbonyl (C=O) groups excluding carboxylic acids is 1. The lowest BCUT2D eigenvalue weighted by atomic mass is 9.91. The normalized spacial score (nSPS) is 10.9. The lowest BCUT2D eigenvalue weighted by molar-refractivity contribution is -0.385. The molecular weight excluding hydrogens is 324 g/mol. The molecule has 0 radical (unpaired) electrons. The van der Waals surface area contributed by atoms with Crippen LogP contribution >= 0.6 is 15.9 Å². The van der Waals surface area contributed by atoms with Gasteiger partial charge in [0.05, 0.1) is 21.5 Å². The van der Waals surface area contributed by atoms with Gasteiger partial charge in [0.2, 0.25) is 5.91 Å². The number of carbonyl (C=O) groups is 1. The number of alkyl halides is 1. The summed E-state index contributed by atoms with van der Waals surface area (Å²) in [7, 11) is 0. The van der Waals surface area contributed by atoms with E-state index in [1.807, 2.05) is 27.7 Å². The van der Waals surface area contributed by atoms with E-state index in [2.05, 4.69) is 21.2 Å². The second kappa shape index (κ2) is 6.83. The molecule has 0 unspecified atom stereocenters. The number of benzene rings is 1. The van der Waals surface area contributed by atoms with Gasteiger partial charge in [-0.05, 0) is 23.5 Å². The Morgan fingerprint density at radius 3 is 2.30 bits per heavy atom. The highest BCUT2D eigenvalue weighted by atomic mass is 79.9. The van der Waals surface area contributed by atoms with Crippen molar-refractivity contribution in [3.05, 3.63) is 33.4 Å². The third kappa shape index (κ3) is 3.56. The van der Waals surface area contributed by atoms with E-state index >= 15 is 0 Å². The van der Waals surface area contributed by atoms with E-state index in [1.54, 1.807) is 6.07 Å². The van der Waals surface area contributed by atoms with Crippen LogP contribution in [0.1, 0.15) is 50.7 Å². The molecule has 20 heavy (non-hydrogen) atoms.